The molecule has 2 bridgehead atoms. The summed E-state index contributed by atoms with van der Waals surface area (Å²) >= 11 is 0. The molecule has 20 heavy (non-hydrogen) atoms. The number of rotatable bonds is 2. The summed E-state index contributed by atoms with van der Waals surface area (Å²) in [6.07, 6.45) is 3.30. The molecule has 3 heterocycles. The number of esters is 1. The molecule has 6 nitrogen and oxygen atoms in total. The molecule has 0 spiro atoms. The summed E-state index contributed by atoms with van der Waals surface area (Å²) < 4.78 is 4.70. The number of nitrogens with zero attached hydrogens (tertiary/aromatic N) is 2. The van der Waals surface area contributed by atoms with Crippen LogP contribution in [-0.2, 0) is 4.74 Å². The van der Waals surface area contributed by atoms with E-state index in [9.17, 15) is 9.90 Å². The number of hydrogen-bond donors (Lipinski definition) is 2. The molecule has 2 atom stereocenters. The minimum atomic E-state index is -0.462. The second-order valence-electron chi connectivity index (χ2n) is 5.52. The summed E-state index contributed by atoms with van der Waals surface area (Å²) in [6.45, 7) is 0. The first kappa shape index (κ1) is 13.2. The molecule has 2 saturated heterocycles. The van der Waals surface area contributed by atoms with Gasteiger partial charge in [-0.15, -0.1) is 0 Å². The van der Waals surface area contributed by atoms with Gasteiger partial charge in [0, 0.05) is 12.1 Å². The Kier molecular flexibility index (Phi) is 3.25. The first-order chi connectivity index (χ1) is 9.60. The Morgan fingerprint density at radius 1 is 1.40 bits per heavy atom. The van der Waals surface area contributed by atoms with Crippen LogP contribution >= 0.6 is 0 Å². The van der Waals surface area contributed by atoms with Gasteiger partial charge >= 0.3 is 5.97 Å². The number of carbonyl (C=O) groups is 1. The summed E-state index contributed by atoms with van der Waals surface area (Å²) in [5.74, 6) is 0.183. The van der Waals surface area contributed by atoms with Crippen molar-refractivity contribution in [2.45, 2.75) is 43.9 Å². The molecule has 0 saturated carbocycles. The average Bonchev–Trinajstić information content (AvgIpc) is 2.70. The van der Waals surface area contributed by atoms with Crippen molar-refractivity contribution in [3.8, 4) is 0 Å². The van der Waals surface area contributed by atoms with Gasteiger partial charge in [0.15, 0.2) is 11.5 Å². The van der Waals surface area contributed by atoms with Crippen molar-refractivity contribution in [2.24, 2.45) is 0 Å². The molecule has 0 radical (unpaired) electrons. The van der Waals surface area contributed by atoms with Crippen molar-refractivity contribution < 1.29 is 14.6 Å². The van der Waals surface area contributed by atoms with E-state index in [0.29, 0.717) is 11.5 Å². The van der Waals surface area contributed by atoms with Crippen LogP contribution in [0.25, 0.3) is 0 Å². The van der Waals surface area contributed by atoms with Crippen molar-refractivity contribution in [3.63, 3.8) is 0 Å². The van der Waals surface area contributed by atoms with E-state index in [1.807, 2.05) is 0 Å². The zero-order valence-corrected chi connectivity index (χ0v) is 11.5. The fourth-order valence-electron chi connectivity index (χ4n) is 3.38. The standard InChI is InChI=1S/C14H19N3O3/c1-20-14(19)12-5-4-11(15)13(16-12)17-8-2-3-9(17)7-10(18)6-8/h4-5,8-10,18H,2-3,6-7,15H2,1H3. The van der Waals surface area contributed by atoms with Gasteiger partial charge in [0.05, 0.1) is 18.9 Å². The Morgan fingerprint density at radius 2 is 2.05 bits per heavy atom. The lowest BCUT2D eigenvalue weighted by molar-refractivity contribution is 0.0594. The summed E-state index contributed by atoms with van der Waals surface area (Å²) in [5.41, 5.74) is 6.86. The Hall–Kier alpha value is -1.82. The van der Waals surface area contributed by atoms with Crippen molar-refractivity contribution in [1.29, 1.82) is 0 Å². The molecular formula is C14H19N3O3. The number of pyridine rings is 1. The molecule has 3 N–H and O–H groups in total. The van der Waals surface area contributed by atoms with Gasteiger partial charge in [-0.1, -0.05) is 0 Å². The summed E-state index contributed by atoms with van der Waals surface area (Å²) in [5, 5.41) is 9.85. The SMILES string of the molecule is COC(=O)c1ccc(N)c(N2C3CCC2CC(O)C3)n1. The highest BCUT2D eigenvalue weighted by molar-refractivity contribution is 5.88. The largest absolute Gasteiger partial charge is 0.464 e. The van der Waals surface area contributed by atoms with Crippen molar-refractivity contribution in [2.75, 3.05) is 17.7 Å². The minimum absolute atomic E-state index is 0.242. The molecule has 0 aromatic carbocycles. The number of nitrogens with two attached hydrogens (primary N) is 1. The molecule has 1 aromatic rings. The summed E-state index contributed by atoms with van der Waals surface area (Å²) in [4.78, 5) is 18.2. The third-order valence-corrected chi connectivity index (χ3v) is 4.25. The number of hydrogen-bond acceptors (Lipinski definition) is 6. The van der Waals surface area contributed by atoms with Gasteiger partial charge in [0.25, 0.3) is 0 Å². The highest BCUT2D eigenvalue weighted by Crippen LogP contribution is 2.40. The molecule has 0 aliphatic carbocycles. The third-order valence-electron chi connectivity index (χ3n) is 4.25. The van der Waals surface area contributed by atoms with Gasteiger partial charge in [0.2, 0.25) is 0 Å². The minimum Gasteiger partial charge on any atom is -0.464 e. The molecule has 3 rings (SSSR count). The van der Waals surface area contributed by atoms with Crippen molar-refractivity contribution >= 4 is 17.5 Å². The average molecular weight is 277 g/mol. The van der Waals surface area contributed by atoms with Gasteiger partial charge in [-0.2, -0.15) is 0 Å². The Bertz CT molecular complexity index is 520. The number of nitrogen functional groups attached to an aromatic ring is 1. The van der Waals surface area contributed by atoms with Crippen LogP contribution in [0.1, 0.15) is 36.2 Å². The summed E-state index contributed by atoms with van der Waals surface area (Å²) in [6, 6.07) is 3.78. The zero-order valence-electron chi connectivity index (χ0n) is 11.5. The van der Waals surface area contributed by atoms with E-state index in [1.54, 1.807) is 12.1 Å². The maximum atomic E-state index is 11.6. The predicted octanol–water partition coefficient (Wildman–Crippen LogP) is 0.942. The number of ether oxygens (including phenoxy) is 1. The Labute approximate surface area is 117 Å². The second-order valence-corrected chi connectivity index (χ2v) is 5.52. The van der Waals surface area contributed by atoms with E-state index in [0.717, 1.165) is 25.7 Å². The monoisotopic (exact) mass is 277 g/mol. The van der Waals surface area contributed by atoms with Gasteiger partial charge < -0.3 is 20.5 Å². The second kappa shape index (κ2) is 4.94. The molecule has 2 aliphatic heterocycles. The quantitative estimate of drug-likeness (QED) is 0.782. The molecular weight excluding hydrogens is 258 g/mol. The third kappa shape index (κ3) is 2.10. The molecule has 6 heteroatoms. The smallest absolute Gasteiger partial charge is 0.356 e. The number of piperidine rings is 1. The van der Waals surface area contributed by atoms with Crippen molar-refractivity contribution in [3.05, 3.63) is 17.8 Å². The maximum Gasteiger partial charge on any atom is 0.356 e. The molecule has 108 valence electrons. The number of aliphatic hydroxyl groups is 1. The van der Waals surface area contributed by atoms with Crippen LogP contribution in [0.3, 0.4) is 0 Å². The lowest BCUT2D eigenvalue weighted by atomic mass is 9.99. The lowest BCUT2D eigenvalue weighted by Gasteiger charge is -2.38. The highest BCUT2D eigenvalue weighted by Gasteiger charge is 2.41. The highest BCUT2D eigenvalue weighted by atomic mass is 16.5. The number of aliphatic hydroxyl groups excluding tert-OH is 1. The Balaban J connectivity index is 1.96. The number of methoxy groups -OCH3 is 1. The van der Waals surface area contributed by atoms with Crippen LogP contribution in [0.5, 0.6) is 0 Å². The zero-order chi connectivity index (χ0) is 14.3. The van der Waals surface area contributed by atoms with E-state index >= 15 is 0 Å². The molecule has 2 aliphatic rings. The van der Waals surface area contributed by atoms with E-state index in [4.69, 9.17) is 10.5 Å². The van der Waals surface area contributed by atoms with Crippen LogP contribution < -0.4 is 10.6 Å². The fraction of sp³-hybridized carbons (Fsp3) is 0.571. The maximum absolute atomic E-state index is 11.6. The van der Waals surface area contributed by atoms with Crippen molar-refractivity contribution in [1.82, 2.24) is 4.98 Å². The number of carbonyl (C=O) groups excluding carboxylic acids is 1. The first-order valence-electron chi connectivity index (χ1n) is 6.91. The topological polar surface area (TPSA) is 88.7 Å². The van der Waals surface area contributed by atoms with Gasteiger partial charge in [-0.3, -0.25) is 0 Å². The van der Waals surface area contributed by atoms with Crippen LogP contribution in [0.2, 0.25) is 0 Å². The lowest BCUT2D eigenvalue weighted by Crippen LogP contribution is -2.45. The summed E-state index contributed by atoms with van der Waals surface area (Å²) in [7, 11) is 1.33. The van der Waals surface area contributed by atoms with E-state index in [2.05, 4.69) is 9.88 Å². The van der Waals surface area contributed by atoms with Crippen LogP contribution in [0.4, 0.5) is 11.5 Å². The van der Waals surface area contributed by atoms with Crippen LogP contribution in [-0.4, -0.2) is 41.4 Å². The van der Waals surface area contributed by atoms with Gasteiger partial charge in [0.1, 0.15) is 0 Å². The first-order valence-corrected chi connectivity index (χ1v) is 6.91. The van der Waals surface area contributed by atoms with Crippen LogP contribution in [0, 0.1) is 0 Å². The fourth-order valence-corrected chi connectivity index (χ4v) is 3.38. The molecule has 1 aromatic heterocycles. The van der Waals surface area contributed by atoms with E-state index in [1.165, 1.54) is 7.11 Å². The normalized spacial score (nSPS) is 28.5. The molecule has 0 amide bonds. The van der Waals surface area contributed by atoms with E-state index in [-0.39, 0.29) is 23.9 Å². The van der Waals surface area contributed by atoms with Gasteiger partial charge in [-0.25, -0.2) is 9.78 Å². The molecule has 2 unspecified atom stereocenters. The predicted molar refractivity (Wildman–Crippen MR) is 74.5 cm³/mol. The van der Waals surface area contributed by atoms with Crippen LogP contribution in [0.15, 0.2) is 12.1 Å². The number of anilines is 2. The van der Waals surface area contributed by atoms with E-state index < -0.39 is 5.97 Å². The number of aromatic nitrogens is 1. The Morgan fingerprint density at radius 3 is 2.65 bits per heavy atom. The number of fused-ring (bicyclic) bond motifs is 2. The molecule has 2 fully saturated rings. The van der Waals surface area contributed by atoms with Gasteiger partial charge in [-0.05, 0) is 37.8 Å².